The van der Waals surface area contributed by atoms with Gasteiger partial charge in [0.25, 0.3) is 6.47 Å². The van der Waals surface area contributed by atoms with E-state index >= 15 is 0 Å². The summed E-state index contributed by atoms with van der Waals surface area (Å²) in [4.78, 5) is 40.9. The fraction of sp³-hybridized carbons (Fsp3) is 0.412. The minimum atomic E-state index is -0.699. The second-order valence-corrected chi connectivity index (χ2v) is 10.4. The van der Waals surface area contributed by atoms with Gasteiger partial charge in [0.1, 0.15) is 17.5 Å². The molecular weight excluding hydrogens is 560 g/mol. The zero-order valence-corrected chi connectivity index (χ0v) is 26.0. The van der Waals surface area contributed by atoms with Crippen LogP contribution in [-0.2, 0) is 9.59 Å². The Kier molecular flexibility index (Phi) is 13.5. The molecule has 44 heavy (non-hydrogen) atoms. The number of hydrogen-bond acceptors (Lipinski definition) is 6. The summed E-state index contributed by atoms with van der Waals surface area (Å²) in [5, 5.41) is 13.8. The van der Waals surface area contributed by atoms with E-state index in [4.69, 9.17) is 24.4 Å². The second kappa shape index (κ2) is 17.5. The van der Waals surface area contributed by atoms with Crippen molar-refractivity contribution in [3.8, 4) is 22.8 Å². The van der Waals surface area contributed by atoms with Crippen molar-refractivity contribution in [3.63, 3.8) is 0 Å². The van der Waals surface area contributed by atoms with Crippen molar-refractivity contribution in [1.82, 2.24) is 20.5 Å². The molecule has 2 aliphatic rings. The lowest BCUT2D eigenvalue weighted by Crippen LogP contribution is -2.51. The Morgan fingerprint density at radius 2 is 1.82 bits per heavy atom. The fourth-order valence-electron chi connectivity index (χ4n) is 4.85. The monoisotopic (exact) mass is 604 g/mol. The van der Waals surface area contributed by atoms with Crippen LogP contribution in [-0.4, -0.2) is 72.8 Å². The van der Waals surface area contributed by atoms with E-state index in [1.165, 1.54) is 0 Å². The van der Waals surface area contributed by atoms with Crippen molar-refractivity contribution in [2.75, 3.05) is 27.3 Å². The van der Waals surface area contributed by atoms with Crippen molar-refractivity contribution in [2.45, 2.75) is 58.0 Å². The van der Waals surface area contributed by atoms with Crippen molar-refractivity contribution < 1.29 is 29.0 Å². The van der Waals surface area contributed by atoms with Gasteiger partial charge in [-0.3, -0.25) is 9.59 Å². The summed E-state index contributed by atoms with van der Waals surface area (Å²) < 4.78 is 11.7. The number of pyridine rings is 1. The summed E-state index contributed by atoms with van der Waals surface area (Å²) in [6.07, 6.45) is 8.64. The van der Waals surface area contributed by atoms with Crippen molar-refractivity contribution in [2.24, 2.45) is 5.92 Å². The minimum absolute atomic E-state index is 0.127. The molecule has 0 radical (unpaired) electrons. The smallest absolute Gasteiger partial charge is 0.317 e. The van der Waals surface area contributed by atoms with E-state index in [1.807, 2.05) is 68.4 Å². The molecule has 1 fully saturated rings. The number of amides is 3. The number of hydrogen-bond donors (Lipinski definition) is 3. The molecule has 0 saturated heterocycles. The molecule has 1 aliphatic heterocycles. The summed E-state index contributed by atoms with van der Waals surface area (Å²) >= 11 is 0. The van der Waals surface area contributed by atoms with Crippen LogP contribution in [0, 0.1) is 5.92 Å². The van der Waals surface area contributed by atoms with Gasteiger partial charge in [0, 0.05) is 49.1 Å². The van der Waals surface area contributed by atoms with Gasteiger partial charge in [0.2, 0.25) is 5.91 Å². The number of methoxy groups -OCH3 is 1. The number of fused-ring (bicyclic) bond motifs is 2. The Balaban J connectivity index is 0.000000997. The molecule has 2 unspecified atom stereocenters. The molecule has 10 heteroatoms. The summed E-state index contributed by atoms with van der Waals surface area (Å²) in [7, 11) is 3.39. The van der Waals surface area contributed by atoms with Gasteiger partial charge >= 0.3 is 6.03 Å². The second-order valence-electron chi connectivity index (χ2n) is 10.4. The number of urea groups is 1. The van der Waals surface area contributed by atoms with Crippen LogP contribution in [0.25, 0.3) is 22.2 Å². The van der Waals surface area contributed by atoms with E-state index in [9.17, 15) is 9.59 Å². The maximum absolute atomic E-state index is 13.2. The van der Waals surface area contributed by atoms with Crippen LogP contribution in [0.15, 0.2) is 66.7 Å². The standard InChI is InChI=1S/C31H36N4O4.C2H6.CH2O2/c1-35-16-9-4-3-6-12-22-18-26(22)33-30(36)25(34-31(35)37)15-17-39-29-20-27(21-10-7-5-8-11-21)32-28-19-23(38-2)13-14-24(28)29;1-2;2-1-3/h5-8,10-14,19-20,22,25-26H,3-4,9,15-18H2,1-2H3,(H,33,36)(H,34,37);1-2H3;1H,(H,2,3)/b12-6-;;/t22-,25?,26?;;/m1../s1. The van der Waals surface area contributed by atoms with Crippen LogP contribution >= 0.6 is 0 Å². The van der Waals surface area contributed by atoms with Gasteiger partial charge in [-0.1, -0.05) is 56.3 Å². The Morgan fingerprint density at radius 3 is 2.55 bits per heavy atom. The van der Waals surface area contributed by atoms with Crippen LogP contribution in [0.5, 0.6) is 11.5 Å². The predicted octanol–water partition coefficient (Wildman–Crippen LogP) is 5.66. The number of ether oxygens (including phenoxy) is 2. The number of carboxylic acid groups (broad SMARTS) is 1. The predicted molar refractivity (Wildman–Crippen MR) is 172 cm³/mol. The van der Waals surface area contributed by atoms with E-state index in [1.54, 1.807) is 19.1 Å². The van der Waals surface area contributed by atoms with Gasteiger partial charge in [-0.05, 0) is 43.7 Å². The molecule has 3 aromatic rings. The Bertz CT molecular complexity index is 1400. The molecule has 0 spiro atoms. The topological polar surface area (TPSA) is 130 Å². The quantitative estimate of drug-likeness (QED) is 0.244. The normalized spacial score (nSPS) is 20.5. The van der Waals surface area contributed by atoms with Crippen LogP contribution in [0.2, 0.25) is 0 Å². The van der Waals surface area contributed by atoms with E-state index in [0.717, 1.165) is 47.8 Å². The molecule has 2 heterocycles. The van der Waals surface area contributed by atoms with Gasteiger partial charge in [0.15, 0.2) is 0 Å². The molecule has 1 aliphatic carbocycles. The number of carbonyl (C=O) groups is 3. The Hall–Kier alpha value is -4.60. The molecule has 1 saturated carbocycles. The van der Waals surface area contributed by atoms with Crippen molar-refractivity contribution in [3.05, 3.63) is 66.7 Å². The zero-order valence-electron chi connectivity index (χ0n) is 26.0. The van der Waals surface area contributed by atoms with Crippen LogP contribution in [0.1, 0.15) is 46.0 Å². The van der Waals surface area contributed by atoms with Crippen LogP contribution < -0.4 is 20.1 Å². The highest BCUT2D eigenvalue weighted by molar-refractivity contribution is 5.89. The highest BCUT2D eigenvalue weighted by atomic mass is 16.5. The molecule has 1 aromatic heterocycles. The van der Waals surface area contributed by atoms with E-state index in [-0.39, 0.29) is 31.1 Å². The number of benzene rings is 2. The molecule has 0 bridgehead atoms. The van der Waals surface area contributed by atoms with Crippen LogP contribution in [0.3, 0.4) is 0 Å². The van der Waals surface area contributed by atoms with E-state index < -0.39 is 6.04 Å². The maximum atomic E-state index is 13.2. The lowest BCUT2D eigenvalue weighted by molar-refractivity contribution is -0.124. The van der Waals surface area contributed by atoms with Gasteiger partial charge in [0.05, 0.1) is 24.9 Å². The third kappa shape index (κ3) is 9.72. The van der Waals surface area contributed by atoms with Crippen molar-refractivity contribution in [1.29, 1.82) is 0 Å². The number of nitrogens with one attached hydrogen (secondary N) is 2. The zero-order chi connectivity index (χ0) is 31.9. The lowest BCUT2D eigenvalue weighted by atomic mass is 10.1. The summed E-state index contributed by atoms with van der Waals surface area (Å²) in [5.74, 6) is 1.58. The molecule has 236 valence electrons. The Morgan fingerprint density at radius 1 is 1.07 bits per heavy atom. The number of aromatic nitrogens is 1. The molecule has 3 amide bonds. The molecular formula is C34H44N4O6. The highest BCUT2D eigenvalue weighted by Gasteiger charge is 2.37. The average molecular weight is 605 g/mol. The van der Waals surface area contributed by atoms with Gasteiger partial charge in [-0.15, -0.1) is 0 Å². The number of rotatable bonds is 6. The first-order valence-electron chi connectivity index (χ1n) is 15.2. The largest absolute Gasteiger partial charge is 0.497 e. The first-order chi connectivity index (χ1) is 21.4. The maximum Gasteiger partial charge on any atom is 0.317 e. The molecule has 2 aromatic carbocycles. The molecule has 3 N–H and O–H groups in total. The number of carbonyl (C=O) groups excluding carboxylic acids is 2. The van der Waals surface area contributed by atoms with E-state index in [2.05, 4.69) is 22.8 Å². The summed E-state index contributed by atoms with van der Waals surface area (Å²) in [6.45, 7) is 4.64. The molecule has 5 rings (SSSR count). The first-order valence-corrected chi connectivity index (χ1v) is 15.2. The summed E-state index contributed by atoms with van der Waals surface area (Å²) in [6, 6.07) is 16.7. The average Bonchev–Trinajstić information content (AvgIpc) is 3.79. The third-order valence-corrected chi connectivity index (χ3v) is 7.34. The third-order valence-electron chi connectivity index (χ3n) is 7.34. The molecule has 3 atom stereocenters. The SMILES string of the molecule is CC.COc1ccc2c(OCCC3NC(=O)N(C)CCCC/C=C\[C@@H]4CC4NC3=O)cc(-c3ccccc3)nc2c1.O=CO. The van der Waals surface area contributed by atoms with Crippen molar-refractivity contribution >= 4 is 29.3 Å². The summed E-state index contributed by atoms with van der Waals surface area (Å²) in [5.41, 5.74) is 2.51. The first kappa shape index (κ1) is 33.9. The van der Waals surface area contributed by atoms with Crippen LogP contribution in [0.4, 0.5) is 4.79 Å². The van der Waals surface area contributed by atoms with Gasteiger partial charge in [-0.2, -0.15) is 0 Å². The molecule has 10 nitrogen and oxygen atoms in total. The highest BCUT2D eigenvalue weighted by Crippen LogP contribution is 2.33. The van der Waals surface area contributed by atoms with Gasteiger partial charge in [-0.25, -0.2) is 9.78 Å². The van der Waals surface area contributed by atoms with Gasteiger partial charge < -0.3 is 30.1 Å². The Labute approximate surface area is 259 Å². The lowest BCUT2D eigenvalue weighted by Gasteiger charge is -2.24. The minimum Gasteiger partial charge on any atom is -0.497 e. The fourth-order valence-corrected chi connectivity index (χ4v) is 4.85. The number of nitrogens with zero attached hydrogens (tertiary/aromatic N) is 2. The van der Waals surface area contributed by atoms with E-state index in [0.29, 0.717) is 30.4 Å². The number of allylic oxidation sites excluding steroid dienone is 1.